The first-order chi connectivity index (χ1) is 8.49. The average molecular weight is 314 g/mol. The van der Waals surface area contributed by atoms with Gasteiger partial charge in [-0.25, -0.2) is 0 Å². The molecule has 0 saturated heterocycles. The summed E-state index contributed by atoms with van der Waals surface area (Å²) in [5.74, 6) is -0.166. The molecule has 1 atom stereocenters. The van der Waals surface area contributed by atoms with Gasteiger partial charge < -0.3 is 16.0 Å². The van der Waals surface area contributed by atoms with Gasteiger partial charge in [0.25, 0.3) is 0 Å². The van der Waals surface area contributed by atoms with Gasteiger partial charge in [-0.2, -0.15) is 0 Å². The minimum Gasteiger partial charge on any atom is -0.376 e. The zero-order valence-electron chi connectivity index (χ0n) is 11.0. The molecule has 0 heterocycles. The molecule has 18 heavy (non-hydrogen) atoms. The zero-order valence-corrected chi connectivity index (χ0v) is 12.6. The molecular weight excluding hydrogens is 294 g/mol. The number of halogens is 1. The fraction of sp³-hybridized carbons (Fsp3) is 0.462. The highest BCUT2D eigenvalue weighted by Gasteiger charge is 2.16. The van der Waals surface area contributed by atoms with Gasteiger partial charge in [-0.05, 0) is 24.6 Å². The monoisotopic (exact) mass is 313 g/mol. The lowest BCUT2D eigenvalue weighted by atomic mass is 10.1. The first kappa shape index (κ1) is 15.0. The molecule has 0 saturated carbocycles. The van der Waals surface area contributed by atoms with E-state index in [0.29, 0.717) is 6.54 Å². The van der Waals surface area contributed by atoms with E-state index in [2.05, 4.69) is 21.2 Å². The number of anilines is 2. The lowest BCUT2D eigenvalue weighted by molar-refractivity contribution is -0.119. The maximum atomic E-state index is 12.0. The summed E-state index contributed by atoms with van der Waals surface area (Å²) >= 11 is 3.41. The highest BCUT2D eigenvalue weighted by atomic mass is 79.9. The van der Waals surface area contributed by atoms with Crippen LogP contribution in [0.1, 0.15) is 13.3 Å². The molecule has 0 aliphatic rings. The number of nitrogens with zero attached hydrogens (tertiary/aromatic N) is 1. The van der Waals surface area contributed by atoms with Crippen molar-refractivity contribution in [3.05, 3.63) is 22.7 Å². The first-order valence-corrected chi connectivity index (χ1v) is 6.76. The van der Waals surface area contributed by atoms with Crippen LogP contribution < -0.4 is 16.0 Å². The topological polar surface area (TPSA) is 58.4 Å². The Balaban J connectivity index is 2.95. The van der Waals surface area contributed by atoms with Crippen molar-refractivity contribution < 1.29 is 4.79 Å². The normalized spacial score (nSPS) is 12.1. The molecule has 1 aromatic carbocycles. The number of carbonyl (C=O) groups is 1. The maximum absolute atomic E-state index is 12.0. The van der Waals surface area contributed by atoms with Crippen LogP contribution in [0.4, 0.5) is 11.4 Å². The molecular formula is C13H20BrN3O. The second-order valence-corrected chi connectivity index (χ2v) is 5.30. The number of nitrogens with two attached hydrogens (primary N) is 1. The summed E-state index contributed by atoms with van der Waals surface area (Å²) in [6.45, 7) is 2.33. The fourth-order valence-corrected chi connectivity index (χ4v) is 2.05. The molecule has 0 spiro atoms. The van der Waals surface area contributed by atoms with Crippen molar-refractivity contribution in [2.45, 2.75) is 13.3 Å². The van der Waals surface area contributed by atoms with E-state index in [4.69, 9.17) is 5.73 Å². The van der Waals surface area contributed by atoms with Crippen LogP contribution in [0.15, 0.2) is 22.7 Å². The summed E-state index contributed by atoms with van der Waals surface area (Å²) in [7, 11) is 3.89. The molecule has 1 aromatic rings. The second kappa shape index (κ2) is 6.75. The Kier molecular flexibility index (Phi) is 5.62. The van der Waals surface area contributed by atoms with Crippen LogP contribution in [-0.4, -0.2) is 26.5 Å². The largest absolute Gasteiger partial charge is 0.376 e. The summed E-state index contributed by atoms with van der Waals surface area (Å²) < 4.78 is 0.934. The number of rotatable bonds is 5. The highest BCUT2D eigenvalue weighted by Crippen LogP contribution is 2.28. The van der Waals surface area contributed by atoms with E-state index in [1.165, 1.54) is 0 Å². The molecule has 0 radical (unpaired) electrons. The van der Waals surface area contributed by atoms with Gasteiger partial charge in [0.15, 0.2) is 0 Å². The van der Waals surface area contributed by atoms with E-state index in [-0.39, 0.29) is 11.8 Å². The van der Waals surface area contributed by atoms with E-state index in [9.17, 15) is 4.79 Å². The van der Waals surface area contributed by atoms with Crippen LogP contribution in [0.2, 0.25) is 0 Å². The Labute approximate surface area is 117 Å². The van der Waals surface area contributed by atoms with Crippen LogP contribution in [0, 0.1) is 5.92 Å². The highest BCUT2D eigenvalue weighted by molar-refractivity contribution is 9.10. The van der Waals surface area contributed by atoms with Gasteiger partial charge in [-0.1, -0.05) is 22.9 Å². The van der Waals surface area contributed by atoms with Gasteiger partial charge in [0.05, 0.1) is 17.3 Å². The van der Waals surface area contributed by atoms with Crippen LogP contribution in [0.5, 0.6) is 0 Å². The van der Waals surface area contributed by atoms with Crippen molar-refractivity contribution in [2.75, 3.05) is 30.9 Å². The second-order valence-electron chi connectivity index (χ2n) is 4.39. The molecule has 3 N–H and O–H groups in total. The van der Waals surface area contributed by atoms with E-state index in [1.807, 2.05) is 44.1 Å². The summed E-state index contributed by atoms with van der Waals surface area (Å²) in [5.41, 5.74) is 7.35. The van der Waals surface area contributed by atoms with Crippen LogP contribution >= 0.6 is 15.9 Å². The number of carbonyl (C=O) groups excluding carboxylic acids is 1. The first-order valence-electron chi connectivity index (χ1n) is 5.97. The molecule has 5 heteroatoms. The number of hydrogen-bond acceptors (Lipinski definition) is 3. The molecule has 0 aliphatic heterocycles. The molecule has 1 unspecified atom stereocenters. The van der Waals surface area contributed by atoms with E-state index < -0.39 is 0 Å². The molecule has 0 aliphatic carbocycles. The Bertz CT molecular complexity index is 417. The van der Waals surface area contributed by atoms with Crippen molar-refractivity contribution in [2.24, 2.45) is 11.7 Å². The van der Waals surface area contributed by atoms with Crippen molar-refractivity contribution in [1.82, 2.24) is 0 Å². The van der Waals surface area contributed by atoms with Crippen molar-refractivity contribution in [3.63, 3.8) is 0 Å². The van der Waals surface area contributed by atoms with Crippen molar-refractivity contribution in [3.8, 4) is 0 Å². The Hall–Kier alpha value is -1.07. The quantitative estimate of drug-likeness (QED) is 0.877. The van der Waals surface area contributed by atoms with Crippen molar-refractivity contribution in [1.29, 1.82) is 0 Å². The fourth-order valence-electron chi connectivity index (χ4n) is 1.69. The minimum atomic E-state index is -0.140. The Morgan fingerprint density at radius 2 is 2.17 bits per heavy atom. The van der Waals surface area contributed by atoms with Gasteiger partial charge in [0.2, 0.25) is 5.91 Å². The lowest BCUT2D eigenvalue weighted by Gasteiger charge is -2.20. The van der Waals surface area contributed by atoms with Gasteiger partial charge >= 0.3 is 0 Å². The average Bonchev–Trinajstić information content (AvgIpc) is 2.30. The molecule has 4 nitrogen and oxygen atoms in total. The Morgan fingerprint density at radius 3 is 2.67 bits per heavy atom. The van der Waals surface area contributed by atoms with E-state index >= 15 is 0 Å². The predicted octanol–water partition coefficient (Wildman–Crippen LogP) is 2.44. The third-order valence-corrected chi connectivity index (χ3v) is 3.34. The minimum absolute atomic E-state index is 0.0267. The molecule has 1 rings (SSSR count). The predicted molar refractivity (Wildman–Crippen MR) is 79.9 cm³/mol. The SMILES string of the molecule is CCC(CN)C(=O)Nc1cc(Br)ccc1N(C)C. The zero-order chi connectivity index (χ0) is 13.7. The number of benzene rings is 1. The third-order valence-electron chi connectivity index (χ3n) is 2.85. The molecule has 1 amide bonds. The summed E-state index contributed by atoms with van der Waals surface area (Å²) in [4.78, 5) is 14.0. The summed E-state index contributed by atoms with van der Waals surface area (Å²) in [6, 6.07) is 5.81. The van der Waals surface area contributed by atoms with Gasteiger partial charge in [-0.15, -0.1) is 0 Å². The molecule has 0 aromatic heterocycles. The van der Waals surface area contributed by atoms with E-state index in [0.717, 1.165) is 22.3 Å². The number of hydrogen-bond donors (Lipinski definition) is 2. The Morgan fingerprint density at radius 1 is 1.50 bits per heavy atom. The molecule has 100 valence electrons. The van der Waals surface area contributed by atoms with E-state index in [1.54, 1.807) is 0 Å². The number of nitrogens with one attached hydrogen (secondary N) is 1. The van der Waals surface area contributed by atoms with Crippen LogP contribution in [0.25, 0.3) is 0 Å². The molecule has 0 bridgehead atoms. The summed E-state index contributed by atoms with van der Waals surface area (Å²) in [5, 5.41) is 2.94. The smallest absolute Gasteiger partial charge is 0.228 e. The maximum Gasteiger partial charge on any atom is 0.228 e. The lowest BCUT2D eigenvalue weighted by Crippen LogP contribution is -2.29. The summed E-state index contributed by atoms with van der Waals surface area (Å²) in [6.07, 6.45) is 0.744. The van der Waals surface area contributed by atoms with Gasteiger partial charge in [-0.3, -0.25) is 4.79 Å². The standard InChI is InChI=1S/C13H20BrN3O/c1-4-9(8-15)13(18)16-11-7-10(14)5-6-12(11)17(2)3/h5-7,9H,4,8,15H2,1-3H3,(H,16,18). The molecule has 0 fully saturated rings. The van der Waals surface area contributed by atoms with Gasteiger partial charge in [0, 0.05) is 25.1 Å². The number of amides is 1. The van der Waals surface area contributed by atoms with Crippen molar-refractivity contribution >= 4 is 33.2 Å². The third kappa shape index (κ3) is 3.71. The van der Waals surface area contributed by atoms with Crippen LogP contribution in [0.3, 0.4) is 0 Å². The van der Waals surface area contributed by atoms with Crippen LogP contribution in [-0.2, 0) is 4.79 Å². The van der Waals surface area contributed by atoms with Gasteiger partial charge in [0.1, 0.15) is 0 Å².